The quantitative estimate of drug-likeness (QED) is 0.746. The van der Waals surface area contributed by atoms with Crippen molar-refractivity contribution in [2.45, 2.75) is 18.9 Å². The van der Waals surface area contributed by atoms with Crippen molar-refractivity contribution in [2.24, 2.45) is 0 Å². The zero-order valence-electron chi connectivity index (χ0n) is 15.3. The Morgan fingerprint density at radius 1 is 1.19 bits per heavy atom. The third-order valence-corrected chi connectivity index (χ3v) is 5.26. The van der Waals surface area contributed by atoms with Gasteiger partial charge in [-0.2, -0.15) is 0 Å². The van der Waals surface area contributed by atoms with E-state index in [2.05, 4.69) is 10.2 Å². The lowest BCUT2D eigenvalue weighted by molar-refractivity contribution is -0.117. The summed E-state index contributed by atoms with van der Waals surface area (Å²) in [6.07, 6.45) is 1.97. The van der Waals surface area contributed by atoms with Gasteiger partial charge in [0, 0.05) is 16.6 Å². The maximum atomic E-state index is 12.6. The minimum Gasteiger partial charge on any atom is -0.497 e. The zero-order chi connectivity index (χ0) is 19.4. The van der Waals surface area contributed by atoms with E-state index >= 15 is 0 Å². The van der Waals surface area contributed by atoms with E-state index in [0.29, 0.717) is 15.7 Å². The van der Waals surface area contributed by atoms with E-state index in [1.807, 2.05) is 18.2 Å². The van der Waals surface area contributed by atoms with Crippen LogP contribution in [-0.2, 0) is 4.79 Å². The Kier molecular flexibility index (Phi) is 6.47. The number of carbonyl (C=O) groups excluding carboxylic acids is 1. The molecule has 27 heavy (non-hydrogen) atoms. The largest absolute Gasteiger partial charge is 0.497 e. The van der Waals surface area contributed by atoms with E-state index in [0.717, 1.165) is 36.4 Å². The van der Waals surface area contributed by atoms with Crippen LogP contribution in [0.4, 0.5) is 5.69 Å². The first-order valence-corrected chi connectivity index (χ1v) is 9.48. The third-order valence-electron chi connectivity index (χ3n) is 4.71. The molecule has 0 aliphatic carbocycles. The third kappa shape index (κ3) is 4.67. The Bertz CT molecular complexity index is 829. The molecule has 1 aliphatic heterocycles. The van der Waals surface area contributed by atoms with Crippen LogP contribution in [0.1, 0.15) is 24.4 Å². The van der Waals surface area contributed by atoms with Gasteiger partial charge < -0.3 is 14.8 Å². The minimum absolute atomic E-state index is 0.0986. The van der Waals surface area contributed by atoms with Gasteiger partial charge in [0.2, 0.25) is 5.91 Å². The molecule has 1 amide bonds. The molecule has 144 valence electrons. The standard InChI is InChI=1S/C20H22Cl2N2O3/c1-26-14-6-8-19(27-2)15(11-14)18-4-3-9-24(18)12-20(25)23-17-7-5-13(21)10-16(17)22/h5-8,10-11,18H,3-4,9,12H2,1-2H3,(H,23,25)/t18-/m1/s1. The molecule has 1 heterocycles. The molecule has 1 aliphatic rings. The summed E-state index contributed by atoms with van der Waals surface area (Å²) < 4.78 is 10.9. The second-order valence-corrected chi connectivity index (χ2v) is 7.25. The second-order valence-electron chi connectivity index (χ2n) is 6.41. The van der Waals surface area contributed by atoms with Crippen molar-refractivity contribution in [3.05, 3.63) is 52.0 Å². The number of rotatable bonds is 6. The minimum atomic E-state index is -0.118. The predicted octanol–water partition coefficient (Wildman–Crippen LogP) is 4.79. The fraction of sp³-hybridized carbons (Fsp3) is 0.350. The molecule has 5 nitrogen and oxygen atoms in total. The number of benzene rings is 2. The van der Waals surface area contributed by atoms with Gasteiger partial charge in [-0.05, 0) is 55.8 Å². The molecule has 0 bridgehead atoms. The Morgan fingerprint density at radius 2 is 2.00 bits per heavy atom. The fourth-order valence-corrected chi connectivity index (χ4v) is 3.89. The number of methoxy groups -OCH3 is 2. The highest BCUT2D eigenvalue weighted by Crippen LogP contribution is 2.38. The van der Waals surface area contributed by atoms with Gasteiger partial charge in [0.05, 0.1) is 31.5 Å². The molecule has 1 atom stereocenters. The first kappa shape index (κ1) is 19.8. The molecule has 1 N–H and O–H groups in total. The van der Waals surface area contributed by atoms with Crippen LogP contribution in [0.3, 0.4) is 0 Å². The Morgan fingerprint density at radius 3 is 2.70 bits per heavy atom. The van der Waals surface area contributed by atoms with E-state index in [4.69, 9.17) is 32.7 Å². The lowest BCUT2D eigenvalue weighted by atomic mass is 10.0. The van der Waals surface area contributed by atoms with Crippen molar-refractivity contribution in [1.29, 1.82) is 0 Å². The van der Waals surface area contributed by atoms with Gasteiger partial charge >= 0.3 is 0 Å². The van der Waals surface area contributed by atoms with Crippen molar-refractivity contribution < 1.29 is 14.3 Å². The molecule has 3 rings (SSSR count). The summed E-state index contributed by atoms with van der Waals surface area (Å²) >= 11 is 12.0. The topological polar surface area (TPSA) is 50.8 Å². The highest BCUT2D eigenvalue weighted by molar-refractivity contribution is 6.36. The maximum absolute atomic E-state index is 12.6. The fourth-order valence-electron chi connectivity index (χ4n) is 3.43. The highest BCUT2D eigenvalue weighted by Gasteiger charge is 2.30. The first-order valence-electron chi connectivity index (χ1n) is 8.72. The normalized spacial score (nSPS) is 17.0. The lowest BCUT2D eigenvalue weighted by Gasteiger charge is -2.26. The molecule has 0 spiro atoms. The molecule has 1 fully saturated rings. The smallest absolute Gasteiger partial charge is 0.238 e. The molecule has 2 aromatic carbocycles. The number of hydrogen-bond acceptors (Lipinski definition) is 4. The highest BCUT2D eigenvalue weighted by atomic mass is 35.5. The summed E-state index contributed by atoms with van der Waals surface area (Å²) in [6, 6.07) is 10.9. The molecular weight excluding hydrogens is 387 g/mol. The Labute approximate surface area is 169 Å². The summed E-state index contributed by atoms with van der Waals surface area (Å²) in [4.78, 5) is 14.7. The van der Waals surface area contributed by atoms with Gasteiger partial charge in [0.1, 0.15) is 11.5 Å². The van der Waals surface area contributed by atoms with Crippen molar-refractivity contribution >= 4 is 34.8 Å². The van der Waals surface area contributed by atoms with Gasteiger partial charge in [-0.15, -0.1) is 0 Å². The predicted molar refractivity (Wildman–Crippen MR) is 108 cm³/mol. The molecule has 0 aromatic heterocycles. The second kappa shape index (κ2) is 8.83. The number of likely N-dealkylation sites (tertiary alicyclic amines) is 1. The molecule has 7 heteroatoms. The van der Waals surface area contributed by atoms with Crippen LogP contribution >= 0.6 is 23.2 Å². The summed E-state index contributed by atoms with van der Waals surface area (Å²) in [5.41, 5.74) is 1.59. The van der Waals surface area contributed by atoms with E-state index in [9.17, 15) is 4.79 Å². The van der Waals surface area contributed by atoms with Gasteiger partial charge in [0.15, 0.2) is 0 Å². The van der Waals surface area contributed by atoms with Crippen LogP contribution in [0.5, 0.6) is 11.5 Å². The average Bonchev–Trinajstić information content (AvgIpc) is 3.11. The number of halogens is 2. The van der Waals surface area contributed by atoms with Crippen LogP contribution in [0.25, 0.3) is 0 Å². The SMILES string of the molecule is COc1ccc(OC)c([C@H]2CCCN2CC(=O)Nc2ccc(Cl)cc2Cl)c1. The van der Waals surface area contributed by atoms with E-state index in [1.165, 1.54) is 0 Å². The molecule has 0 radical (unpaired) electrons. The van der Waals surface area contributed by atoms with Gasteiger partial charge in [-0.1, -0.05) is 23.2 Å². The monoisotopic (exact) mass is 408 g/mol. The summed E-state index contributed by atoms with van der Waals surface area (Å²) in [7, 11) is 3.29. The zero-order valence-corrected chi connectivity index (χ0v) is 16.8. The molecular formula is C20H22Cl2N2O3. The molecule has 0 unspecified atom stereocenters. The van der Waals surface area contributed by atoms with Crippen molar-refractivity contribution in [3.8, 4) is 11.5 Å². The average molecular weight is 409 g/mol. The number of nitrogens with zero attached hydrogens (tertiary/aromatic N) is 1. The molecule has 1 saturated heterocycles. The summed E-state index contributed by atoms with van der Waals surface area (Å²) in [5.74, 6) is 1.46. The Balaban J connectivity index is 1.74. The van der Waals surface area contributed by atoms with Crippen LogP contribution in [0.2, 0.25) is 10.0 Å². The van der Waals surface area contributed by atoms with Crippen molar-refractivity contribution in [2.75, 3.05) is 32.6 Å². The van der Waals surface area contributed by atoms with Gasteiger partial charge in [-0.25, -0.2) is 0 Å². The van der Waals surface area contributed by atoms with Crippen molar-refractivity contribution in [3.63, 3.8) is 0 Å². The number of amides is 1. The van der Waals surface area contributed by atoms with Crippen molar-refractivity contribution in [1.82, 2.24) is 4.90 Å². The number of anilines is 1. The number of nitrogens with one attached hydrogen (secondary N) is 1. The number of carbonyl (C=O) groups is 1. The van der Waals surface area contributed by atoms with Gasteiger partial charge in [0.25, 0.3) is 0 Å². The molecule has 2 aromatic rings. The van der Waals surface area contributed by atoms with Crippen LogP contribution < -0.4 is 14.8 Å². The number of ether oxygens (including phenoxy) is 2. The van der Waals surface area contributed by atoms with E-state index in [1.54, 1.807) is 32.4 Å². The maximum Gasteiger partial charge on any atom is 0.238 e. The van der Waals surface area contributed by atoms with Crippen LogP contribution in [-0.4, -0.2) is 38.1 Å². The van der Waals surface area contributed by atoms with Gasteiger partial charge in [-0.3, -0.25) is 9.69 Å². The van der Waals surface area contributed by atoms with Crippen LogP contribution in [0.15, 0.2) is 36.4 Å². The molecule has 0 saturated carbocycles. The lowest BCUT2D eigenvalue weighted by Crippen LogP contribution is -2.33. The first-order chi connectivity index (χ1) is 13.0. The van der Waals surface area contributed by atoms with E-state index in [-0.39, 0.29) is 18.5 Å². The van der Waals surface area contributed by atoms with Crippen LogP contribution in [0, 0.1) is 0 Å². The number of hydrogen-bond donors (Lipinski definition) is 1. The summed E-state index contributed by atoms with van der Waals surface area (Å²) in [5, 5.41) is 3.81. The van der Waals surface area contributed by atoms with E-state index < -0.39 is 0 Å². The summed E-state index contributed by atoms with van der Waals surface area (Å²) in [6.45, 7) is 1.11. The Hall–Kier alpha value is -1.95.